The van der Waals surface area contributed by atoms with Gasteiger partial charge in [-0.2, -0.15) is 0 Å². The molecular weight excluding hydrogens is 484 g/mol. The molecular formula is C30H40N2O6. The summed E-state index contributed by atoms with van der Waals surface area (Å²) in [5.74, 6) is -2.78. The van der Waals surface area contributed by atoms with E-state index < -0.39 is 35.0 Å². The summed E-state index contributed by atoms with van der Waals surface area (Å²) in [6, 6.07) is 4.90. The third-order valence-electron chi connectivity index (χ3n) is 8.71. The summed E-state index contributed by atoms with van der Waals surface area (Å²) >= 11 is 0. The van der Waals surface area contributed by atoms with Crippen LogP contribution in [0, 0.1) is 31.6 Å². The number of likely N-dealkylation sites (tertiary alicyclic amines) is 1. The topological polar surface area (TPSA) is 96.4 Å². The predicted octanol–water partition coefficient (Wildman–Crippen LogP) is 3.33. The van der Waals surface area contributed by atoms with Crippen LogP contribution in [0.4, 0.5) is 5.69 Å². The lowest BCUT2D eigenvalue weighted by Crippen LogP contribution is -2.57. The highest BCUT2D eigenvalue weighted by molar-refractivity contribution is 6.05. The molecule has 3 aliphatic heterocycles. The smallest absolute Gasteiger partial charge is 0.312 e. The molecule has 1 aromatic carbocycles. The van der Waals surface area contributed by atoms with Crippen LogP contribution in [-0.2, 0) is 23.9 Å². The fourth-order valence-electron chi connectivity index (χ4n) is 6.99. The van der Waals surface area contributed by atoms with Gasteiger partial charge in [-0.05, 0) is 57.1 Å². The molecule has 3 aliphatic rings. The molecule has 1 N–H and O–H groups in total. The van der Waals surface area contributed by atoms with Gasteiger partial charge in [0, 0.05) is 25.4 Å². The number of amides is 2. The number of fused-ring (bicyclic) bond motifs is 1. The normalized spacial score (nSPS) is 31.3. The van der Waals surface area contributed by atoms with Crippen molar-refractivity contribution in [1.82, 2.24) is 4.90 Å². The number of anilines is 1. The molecule has 8 nitrogen and oxygen atoms in total. The van der Waals surface area contributed by atoms with Gasteiger partial charge in [-0.1, -0.05) is 37.3 Å². The summed E-state index contributed by atoms with van der Waals surface area (Å²) in [7, 11) is 0. The Morgan fingerprint density at radius 2 is 1.95 bits per heavy atom. The van der Waals surface area contributed by atoms with Crippen molar-refractivity contribution in [2.75, 3.05) is 31.2 Å². The van der Waals surface area contributed by atoms with Crippen LogP contribution in [0.3, 0.4) is 0 Å². The quantitative estimate of drug-likeness (QED) is 0.271. The second kappa shape index (κ2) is 10.7. The molecule has 3 saturated heterocycles. The lowest BCUT2D eigenvalue weighted by molar-refractivity contribution is -0.161. The molecule has 206 valence electrons. The van der Waals surface area contributed by atoms with Gasteiger partial charge < -0.3 is 24.4 Å². The molecule has 0 saturated carbocycles. The van der Waals surface area contributed by atoms with Gasteiger partial charge >= 0.3 is 5.97 Å². The molecule has 1 aromatic rings. The maximum absolute atomic E-state index is 14.6. The summed E-state index contributed by atoms with van der Waals surface area (Å²) in [5.41, 5.74) is 0.534. The molecule has 2 amide bonds. The van der Waals surface area contributed by atoms with Gasteiger partial charge in [0.25, 0.3) is 5.91 Å². The average Bonchev–Trinajstić information content (AvgIpc) is 3.38. The largest absolute Gasteiger partial charge is 0.465 e. The number of esters is 1. The van der Waals surface area contributed by atoms with Gasteiger partial charge in [-0.15, -0.1) is 13.2 Å². The summed E-state index contributed by atoms with van der Waals surface area (Å²) in [5, 5.41) is 9.60. The molecule has 2 bridgehead atoms. The summed E-state index contributed by atoms with van der Waals surface area (Å²) < 4.78 is 12.3. The number of rotatable bonds is 11. The van der Waals surface area contributed by atoms with E-state index in [1.807, 2.05) is 45.9 Å². The Kier molecular flexibility index (Phi) is 7.86. The van der Waals surface area contributed by atoms with Crippen LogP contribution in [0.15, 0.2) is 43.5 Å². The first-order valence-corrected chi connectivity index (χ1v) is 13.5. The van der Waals surface area contributed by atoms with Crippen LogP contribution in [0.1, 0.15) is 44.2 Å². The van der Waals surface area contributed by atoms with E-state index >= 15 is 0 Å². The Morgan fingerprint density at radius 3 is 2.55 bits per heavy atom. The van der Waals surface area contributed by atoms with Crippen molar-refractivity contribution in [2.24, 2.45) is 17.8 Å². The molecule has 3 fully saturated rings. The van der Waals surface area contributed by atoms with E-state index in [1.54, 1.807) is 17.1 Å². The molecule has 6 atom stereocenters. The first-order valence-electron chi connectivity index (χ1n) is 13.5. The van der Waals surface area contributed by atoms with Crippen LogP contribution in [0.25, 0.3) is 0 Å². The third kappa shape index (κ3) is 4.18. The number of aryl methyl sites for hydroxylation is 2. The Balaban J connectivity index is 1.82. The van der Waals surface area contributed by atoms with Crippen LogP contribution >= 0.6 is 0 Å². The number of para-hydroxylation sites is 1. The minimum Gasteiger partial charge on any atom is -0.465 e. The Hall–Kier alpha value is -2.97. The summed E-state index contributed by atoms with van der Waals surface area (Å²) in [6.07, 6.45) is 4.63. The summed E-state index contributed by atoms with van der Waals surface area (Å²) in [6.45, 7) is 15.8. The molecule has 0 radical (unpaired) electrons. The molecule has 38 heavy (non-hydrogen) atoms. The monoisotopic (exact) mass is 524 g/mol. The lowest BCUT2D eigenvalue weighted by Gasteiger charge is -2.38. The van der Waals surface area contributed by atoms with Crippen molar-refractivity contribution in [2.45, 2.75) is 64.2 Å². The van der Waals surface area contributed by atoms with Gasteiger partial charge in [-0.25, -0.2) is 0 Å². The maximum atomic E-state index is 14.6. The van der Waals surface area contributed by atoms with Gasteiger partial charge in [0.2, 0.25) is 5.91 Å². The van der Waals surface area contributed by atoms with Crippen molar-refractivity contribution in [3.05, 3.63) is 54.6 Å². The first-order chi connectivity index (χ1) is 18.1. The Labute approximate surface area is 225 Å². The number of aliphatic hydroxyl groups is 1. The Bertz CT molecular complexity index is 1110. The predicted molar refractivity (Wildman–Crippen MR) is 144 cm³/mol. The number of hydrogen-bond donors (Lipinski definition) is 1. The van der Waals surface area contributed by atoms with Gasteiger partial charge in [-0.3, -0.25) is 14.4 Å². The number of benzene rings is 1. The van der Waals surface area contributed by atoms with Gasteiger partial charge in [0.15, 0.2) is 0 Å². The van der Waals surface area contributed by atoms with E-state index in [0.717, 1.165) is 16.8 Å². The van der Waals surface area contributed by atoms with Crippen LogP contribution in [-0.4, -0.2) is 71.3 Å². The zero-order valence-electron chi connectivity index (χ0n) is 22.9. The molecule has 0 aromatic heterocycles. The molecule has 0 aliphatic carbocycles. The lowest BCUT2D eigenvalue weighted by atomic mass is 9.62. The second-order valence-corrected chi connectivity index (χ2v) is 11.0. The van der Waals surface area contributed by atoms with E-state index in [9.17, 15) is 19.5 Å². The van der Waals surface area contributed by atoms with Crippen LogP contribution < -0.4 is 4.90 Å². The van der Waals surface area contributed by atoms with Crippen molar-refractivity contribution in [1.29, 1.82) is 0 Å². The zero-order chi connectivity index (χ0) is 27.8. The third-order valence-corrected chi connectivity index (χ3v) is 8.71. The van der Waals surface area contributed by atoms with E-state index in [-0.39, 0.29) is 44.0 Å². The van der Waals surface area contributed by atoms with E-state index in [0.29, 0.717) is 19.3 Å². The number of carbonyl (C=O) groups is 3. The van der Waals surface area contributed by atoms with Crippen molar-refractivity contribution >= 4 is 23.5 Å². The molecule has 1 spiro atoms. The minimum absolute atomic E-state index is 0.0790. The highest BCUT2D eigenvalue weighted by atomic mass is 16.6. The zero-order valence-corrected chi connectivity index (χ0v) is 22.9. The molecule has 4 rings (SSSR count). The molecule has 8 heteroatoms. The van der Waals surface area contributed by atoms with Crippen LogP contribution in [0.5, 0.6) is 0 Å². The van der Waals surface area contributed by atoms with Crippen molar-refractivity contribution in [3.8, 4) is 0 Å². The number of hydrogen-bond acceptors (Lipinski definition) is 6. The highest BCUT2D eigenvalue weighted by Crippen LogP contribution is 2.65. The maximum Gasteiger partial charge on any atom is 0.312 e. The summed E-state index contributed by atoms with van der Waals surface area (Å²) in [4.78, 5) is 45.3. The van der Waals surface area contributed by atoms with E-state index in [1.165, 1.54) is 4.90 Å². The number of carbonyl (C=O) groups excluding carboxylic acids is 3. The van der Waals surface area contributed by atoms with Crippen LogP contribution in [0.2, 0.25) is 0 Å². The molecule has 3 unspecified atom stereocenters. The fourth-order valence-corrected chi connectivity index (χ4v) is 6.99. The van der Waals surface area contributed by atoms with E-state index in [4.69, 9.17) is 9.47 Å². The first kappa shape index (κ1) is 28.0. The van der Waals surface area contributed by atoms with Crippen molar-refractivity contribution in [3.63, 3.8) is 0 Å². The van der Waals surface area contributed by atoms with Crippen molar-refractivity contribution < 1.29 is 29.0 Å². The van der Waals surface area contributed by atoms with Gasteiger partial charge in [0.05, 0.1) is 18.1 Å². The Morgan fingerprint density at radius 1 is 1.26 bits per heavy atom. The number of aliphatic hydroxyl groups excluding tert-OH is 1. The number of ether oxygens (including phenoxy) is 2. The molecule has 3 heterocycles. The second-order valence-electron chi connectivity index (χ2n) is 11.0. The number of nitrogens with zero attached hydrogens (tertiary/aromatic N) is 2. The minimum atomic E-state index is -1.17. The fraction of sp³-hybridized carbons (Fsp3) is 0.567. The van der Waals surface area contributed by atoms with E-state index in [2.05, 4.69) is 13.2 Å². The van der Waals surface area contributed by atoms with Gasteiger partial charge in [0.1, 0.15) is 17.6 Å². The average molecular weight is 525 g/mol. The highest BCUT2D eigenvalue weighted by Gasteiger charge is 2.80. The SMILES string of the molecule is C=CCCOC(=O)[C@@H]1[C@H]2C(=O)N(CCCO)C(C(=O)N(CC=C)c3c(C)cccc3C)C23CC(C)[C@@]1(C)O3. The standard InChI is InChI=1S/C30H40N2O6/c1-7-9-17-37-28(36)23-22-26(34)32(15-11-16-33)25(30(22)18-21(5)29(23,6)38-30)27(35)31(14-8-2)24-19(3)12-10-13-20(24)4/h7-8,10,12-13,21-23,25,33H,1-2,9,11,14-18H2,3-6H3/t21?,22-,23-,25?,29+,30?/m0/s1.